The Hall–Kier alpha value is -1.79. The van der Waals surface area contributed by atoms with Crippen LogP contribution in [-0.4, -0.2) is 35.5 Å². The highest BCUT2D eigenvalue weighted by Gasteiger charge is 2.40. The third-order valence-electron chi connectivity index (χ3n) is 3.95. The van der Waals surface area contributed by atoms with Crippen LogP contribution in [0.15, 0.2) is 18.2 Å². The van der Waals surface area contributed by atoms with Gasteiger partial charge in [0.15, 0.2) is 0 Å². The van der Waals surface area contributed by atoms with Gasteiger partial charge in [-0.1, -0.05) is 37.0 Å². The van der Waals surface area contributed by atoms with Crippen molar-refractivity contribution in [1.82, 2.24) is 5.32 Å². The molecule has 1 aromatic carbocycles. The van der Waals surface area contributed by atoms with Gasteiger partial charge in [0.1, 0.15) is 12.0 Å². The Morgan fingerprint density at radius 1 is 1.33 bits per heavy atom. The fourth-order valence-corrected chi connectivity index (χ4v) is 3.01. The van der Waals surface area contributed by atoms with Crippen LogP contribution in [0, 0.1) is 11.8 Å². The summed E-state index contributed by atoms with van der Waals surface area (Å²) in [5, 5.41) is 12.4. The van der Waals surface area contributed by atoms with Crippen molar-refractivity contribution in [2.45, 2.75) is 26.3 Å². The SMILES string of the molecule is CC(C)C(NC(=O)C1CCN(c2cc(Cl)ccc2Cl)C1=O)C(=O)O. The first-order valence-corrected chi connectivity index (χ1v) is 8.27. The highest BCUT2D eigenvalue weighted by atomic mass is 35.5. The molecule has 0 radical (unpaired) electrons. The van der Waals surface area contributed by atoms with Gasteiger partial charge >= 0.3 is 5.97 Å². The lowest BCUT2D eigenvalue weighted by Crippen LogP contribution is -2.48. The number of aliphatic carboxylic acids is 1. The summed E-state index contributed by atoms with van der Waals surface area (Å²) in [5.74, 6) is -3.34. The van der Waals surface area contributed by atoms with Gasteiger partial charge in [-0.2, -0.15) is 0 Å². The van der Waals surface area contributed by atoms with Crippen molar-refractivity contribution in [2.24, 2.45) is 11.8 Å². The molecule has 0 saturated carbocycles. The molecule has 1 aliphatic heterocycles. The third-order valence-corrected chi connectivity index (χ3v) is 4.51. The molecule has 0 spiro atoms. The van der Waals surface area contributed by atoms with E-state index in [1.807, 2.05) is 0 Å². The molecule has 1 saturated heterocycles. The number of amides is 2. The predicted molar refractivity (Wildman–Crippen MR) is 91.3 cm³/mol. The Labute approximate surface area is 149 Å². The van der Waals surface area contributed by atoms with Crippen LogP contribution < -0.4 is 10.2 Å². The fraction of sp³-hybridized carbons (Fsp3) is 0.438. The van der Waals surface area contributed by atoms with Crippen LogP contribution >= 0.6 is 23.2 Å². The predicted octanol–water partition coefficient (Wildman–Crippen LogP) is 2.57. The van der Waals surface area contributed by atoms with Crippen LogP contribution in [0.25, 0.3) is 0 Å². The van der Waals surface area contributed by atoms with Crippen LogP contribution in [0.3, 0.4) is 0 Å². The second-order valence-corrected chi connectivity index (χ2v) is 6.84. The molecule has 24 heavy (non-hydrogen) atoms. The average molecular weight is 373 g/mol. The van der Waals surface area contributed by atoms with Crippen molar-refractivity contribution < 1.29 is 19.5 Å². The molecule has 1 heterocycles. The van der Waals surface area contributed by atoms with E-state index in [-0.39, 0.29) is 12.3 Å². The van der Waals surface area contributed by atoms with E-state index in [9.17, 15) is 14.4 Å². The molecule has 6 nitrogen and oxygen atoms in total. The van der Waals surface area contributed by atoms with Gasteiger partial charge in [0, 0.05) is 11.6 Å². The molecule has 1 aliphatic rings. The second kappa shape index (κ2) is 7.40. The van der Waals surface area contributed by atoms with E-state index in [1.54, 1.807) is 32.0 Å². The zero-order valence-electron chi connectivity index (χ0n) is 13.3. The summed E-state index contributed by atoms with van der Waals surface area (Å²) < 4.78 is 0. The molecular weight excluding hydrogens is 355 g/mol. The third kappa shape index (κ3) is 3.82. The van der Waals surface area contributed by atoms with Gasteiger partial charge in [-0.3, -0.25) is 9.59 Å². The number of nitrogens with zero attached hydrogens (tertiary/aromatic N) is 1. The summed E-state index contributed by atoms with van der Waals surface area (Å²) in [7, 11) is 0. The summed E-state index contributed by atoms with van der Waals surface area (Å²) in [6.45, 7) is 3.69. The molecule has 0 aromatic heterocycles. The van der Waals surface area contributed by atoms with E-state index in [4.69, 9.17) is 28.3 Å². The molecule has 2 unspecified atom stereocenters. The van der Waals surface area contributed by atoms with Crippen molar-refractivity contribution >= 4 is 46.7 Å². The highest BCUT2D eigenvalue weighted by Crippen LogP contribution is 2.33. The van der Waals surface area contributed by atoms with Crippen LogP contribution in [0.2, 0.25) is 10.0 Å². The number of halogens is 2. The number of nitrogens with one attached hydrogen (secondary N) is 1. The maximum atomic E-state index is 12.5. The van der Waals surface area contributed by atoms with Gasteiger partial charge < -0.3 is 15.3 Å². The molecule has 2 rings (SSSR count). The van der Waals surface area contributed by atoms with E-state index in [0.29, 0.717) is 22.3 Å². The lowest BCUT2D eigenvalue weighted by Gasteiger charge is -2.21. The number of benzene rings is 1. The van der Waals surface area contributed by atoms with Gasteiger partial charge in [0.25, 0.3) is 0 Å². The number of carboxylic acids is 1. The minimum absolute atomic E-state index is 0.290. The second-order valence-electron chi connectivity index (χ2n) is 6.00. The maximum Gasteiger partial charge on any atom is 0.326 e. The summed E-state index contributed by atoms with van der Waals surface area (Å²) in [4.78, 5) is 37.5. The van der Waals surface area contributed by atoms with Crippen LogP contribution in [0.1, 0.15) is 20.3 Å². The van der Waals surface area contributed by atoms with Gasteiger partial charge in [0.2, 0.25) is 11.8 Å². The smallest absolute Gasteiger partial charge is 0.326 e. The van der Waals surface area contributed by atoms with Crippen LogP contribution in [0.5, 0.6) is 0 Å². The first-order chi connectivity index (χ1) is 11.2. The van der Waals surface area contributed by atoms with Crippen molar-refractivity contribution in [1.29, 1.82) is 0 Å². The topological polar surface area (TPSA) is 86.7 Å². The number of hydrogen-bond donors (Lipinski definition) is 2. The summed E-state index contributed by atoms with van der Waals surface area (Å²) in [6.07, 6.45) is 0.290. The number of carbonyl (C=O) groups is 3. The molecular formula is C16H18Cl2N2O4. The Balaban J connectivity index is 2.15. The van der Waals surface area contributed by atoms with Crippen molar-refractivity contribution in [3.05, 3.63) is 28.2 Å². The molecule has 2 amide bonds. The Bertz CT molecular complexity index is 678. The monoisotopic (exact) mass is 372 g/mol. The summed E-state index contributed by atoms with van der Waals surface area (Å²) in [5.41, 5.74) is 0.447. The number of anilines is 1. The lowest BCUT2D eigenvalue weighted by atomic mass is 10.0. The van der Waals surface area contributed by atoms with E-state index in [0.717, 1.165) is 0 Å². The zero-order valence-corrected chi connectivity index (χ0v) is 14.8. The van der Waals surface area contributed by atoms with Crippen LogP contribution in [0.4, 0.5) is 5.69 Å². The Morgan fingerprint density at radius 2 is 2.00 bits per heavy atom. The molecule has 130 valence electrons. The largest absolute Gasteiger partial charge is 0.480 e. The van der Waals surface area contributed by atoms with Crippen molar-refractivity contribution in [3.63, 3.8) is 0 Å². The van der Waals surface area contributed by atoms with Gasteiger partial charge in [0.05, 0.1) is 10.7 Å². The summed E-state index contributed by atoms with van der Waals surface area (Å²) in [6, 6.07) is 3.72. The quantitative estimate of drug-likeness (QED) is 0.777. The molecule has 0 bridgehead atoms. The zero-order chi connectivity index (χ0) is 18.0. The Kier molecular flexibility index (Phi) is 5.72. The highest BCUT2D eigenvalue weighted by molar-refractivity contribution is 6.36. The molecule has 1 aromatic rings. The minimum atomic E-state index is -1.13. The number of carboxylic acid groups (broad SMARTS) is 1. The molecule has 2 atom stereocenters. The van der Waals surface area contributed by atoms with Gasteiger partial charge in [-0.05, 0) is 30.5 Å². The van der Waals surface area contributed by atoms with Crippen molar-refractivity contribution in [3.8, 4) is 0 Å². The van der Waals surface area contributed by atoms with Gasteiger partial charge in [-0.25, -0.2) is 4.79 Å². The first-order valence-electron chi connectivity index (χ1n) is 7.52. The van der Waals surface area contributed by atoms with Crippen LogP contribution in [-0.2, 0) is 14.4 Å². The maximum absolute atomic E-state index is 12.5. The molecule has 0 aliphatic carbocycles. The minimum Gasteiger partial charge on any atom is -0.480 e. The molecule has 8 heteroatoms. The Morgan fingerprint density at radius 3 is 2.58 bits per heavy atom. The number of hydrogen-bond acceptors (Lipinski definition) is 3. The summed E-state index contributed by atoms with van der Waals surface area (Å²) >= 11 is 12.0. The van der Waals surface area contributed by atoms with E-state index in [1.165, 1.54) is 4.90 Å². The number of rotatable bonds is 5. The fourth-order valence-electron chi connectivity index (χ4n) is 2.62. The van der Waals surface area contributed by atoms with Gasteiger partial charge in [-0.15, -0.1) is 0 Å². The van der Waals surface area contributed by atoms with E-state index >= 15 is 0 Å². The normalized spacial score (nSPS) is 18.8. The number of carbonyl (C=O) groups excluding carboxylic acids is 2. The van der Waals surface area contributed by atoms with Crippen molar-refractivity contribution in [2.75, 3.05) is 11.4 Å². The average Bonchev–Trinajstić information content (AvgIpc) is 2.88. The van der Waals surface area contributed by atoms with E-state index < -0.39 is 29.7 Å². The first kappa shape index (κ1) is 18.5. The standard InChI is InChI=1S/C16H18Cl2N2O4/c1-8(2)13(16(23)24)19-14(21)10-5-6-20(15(10)22)12-7-9(17)3-4-11(12)18/h3-4,7-8,10,13H,5-6H2,1-2H3,(H,19,21)(H,23,24). The lowest BCUT2D eigenvalue weighted by molar-refractivity contribution is -0.144. The van der Waals surface area contributed by atoms with E-state index in [2.05, 4.69) is 5.32 Å². The molecule has 1 fully saturated rings. The molecule has 2 N–H and O–H groups in total.